The standard InChI is InChI=1S/C12H15BrN2OS/c13-10-6-8(12(14)17)3-4-11(10)15-5-1-2-9(15)7-16/h3-4,6,9,16H,1-2,5,7H2,(H2,14,17). The van der Waals surface area contributed by atoms with Crippen LogP contribution in [0.4, 0.5) is 5.69 Å². The molecule has 1 atom stereocenters. The zero-order valence-corrected chi connectivity index (χ0v) is 11.8. The van der Waals surface area contributed by atoms with Crippen LogP contribution in [-0.2, 0) is 0 Å². The molecule has 0 aliphatic carbocycles. The van der Waals surface area contributed by atoms with Crippen molar-refractivity contribution in [2.24, 2.45) is 5.73 Å². The van der Waals surface area contributed by atoms with E-state index in [-0.39, 0.29) is 12.6 Å². The predicted molar refractivity (Wildman–Crippen MR) is 77.5 cm³/mol. The SMILES string of the molecule is NC(=S)c1ccc(N2CCCC2CO)c(Br)c1. The maximum absolute atomic E-state index is 9.33. The maximum Gasteiger partial charge on any atom is 0.104 e. The van der Waals surface area contributed by atoms with Crippen molar-refractivity contribution in [1.82, 2.24) is 0 Å². The van der Waals surface area contributed by atoms with Gasteiger partial charge in [-0.05, 0) is 47.0 Å². The lowest BCUT2D eigenvalue weighted by Gasteiger charge is -2.26. The van der Waals surface area contributed by atoms with E-state index in [9.17, 15) is 5.11 Å². The highest BCUT2D eigenvalue weighted by Crippen LogP contribution is 2.32. The van der Waals surface area contributed by atoms with Gasteiger partial charge in [-0.3, -0.25) is 0 Å². The molecule has 2 rings (SSSR count). The van der Waals surface area contributed by atoms with Gasteiger partial charge < -0.3 is 15.7 Å². The van der Waals surface area contributed by atoms with Gasteiger partial charge in [0.05, 0.1) is 18.3 Å². The molecule has 3 nitrogen and oxygen atoms in total. The number of hydrogen-bond acceptors (Lipinski definition) is 3. The number of nitrogens with two attached hydrogens (primary N) is 1. The summed E-state index contributed by atoms with van der Waals surface area (Å²) in [4.78, 5) is 2.63. The van der Waals surface area contributed by atoms with E-state index in [1.54, 1.807) is 0 Å². The largest absolute Gasteiger partial charge is 0.394 e. The molecule has 0 saturated carbocycles. The van der Waals surface area contributed by atoms with Crippen LogP contribution in [0.1, 0.15) is 18.4 Å². The molecule has 17 heavy (non-hydrogen) atoms. The third kappa shape index (κ3) is 2.61. The van der Waals surface area contributed by atoms with Crippen LogP contribution in [0.25, 0.3) is 0 Å². The number of halogens is 1. The fraction of sp³-hybridized carbons (Fsp3) is 0.417. The summed E-state index contributed by atoms with van der Waals surface area (Å²) >= 11 is 8.49. The summed E-state index contributed by atoms with van der Waals surface area (Å²) < 4.78 is 0.975. The van der Waals surface area contributed by atoms with Crippen LogP contribution in [-0.4, -0.2) is 29.3 Å². The van der Waals surface area contributed by atoms with E-state index in [1.807, 2.05) is 18.2 Å². The summed E-state index contributed by atoms with van der Waals surface area (Å²) in [7, 11) is 0. The van der Waals surface area contributed by atoms with Crippen LogP contribution in [0.2, 0.25) is 0 Å². The minimum atomic E-state index is 0.198. The summed E-state index contributed by atoms with van der Waals surface area (Å²) in [5, 5.41) is 9.33. The minimum absolute atomic E-state index is 0.198. The van der Waals surface area contributed by atoms with Gasteiger partial charge in [0.25, 0.3) is 0 Å². The molecule has 0 aromatic heterocycles. The number of hydrogen-bond donors (Lipinski definition) is 2. The zero-order chi connectivity index (χ0) is 12.4. The molecule has 1 heterocycles. The smallest absolute Gasteiger partial charge is 0.104 e. The van der Waals surface area contributed by atoms with Gasteiger partial charge in [-0.1, -0.05) is 12.2 Å². The van der Waals surface area contributed by atoms with E-state index in [4.69, 9.17) is 18.0 Å². The average molecular weight is 315 g/mol. The van der Waals surface area contributed by atoms with Gasteiger partial charge in [0.2, 0.25) is 0 Å². The predicted octanol–water partition coefficient (Wildman–Crippen LogP) is 2.04. The van der Waals surface area contributed by atoms with Crippen LogP contribution >= 0.6 is 28.1 Å². The minimum Gasteiger partial charge on any atom is -0.394 e. The number of nitrogens with zero attached hydrogens (tertiary/aromatic N) is 1. The van der Waals surface area contributed by atoms with E-state index < -0.39 is 0 Å². The van der Waals surface area contributed by atoms with Crippen molar-refractivity contribution in [2.75, 3.05) is 18.1 Å². The Balaban J connectivity index is 2.30. The highest BCUT2D eigenvalue weighted by Gasteiger charge is 2.25. The molecule has 0 radical (unpaired) electrons. The molecule has 92 valence electrons. The molecule has 1 fully saturated rings. The fourth-order valence-electron chi connectivity index (χ4n) is 2.24. The molecule has 1 aliphatic rings. The molecule has 0 bridgehead atoms. The van der Waals surface area contributed by atoms with Gasteiger partial charge in [0.1, 0.15) is 4.99 Å². The lowest BCUT2D eigenvalue weighted by Crippen LogP contribution is -2.32. The summed E-state index contributed by atoms with van der Waals surface area (Å²) in [6.45, 7) is 1.18. The summed E-state index contributed by atoms with van der Waals surface area (Å²) in [5.41, 5.74) is 7.55. The van der Waals surface area contributed by atoms with E-state index in [0.717, 1.165) is 35.1 Å². The number of thiocarbonyl (C=S) groups is 1. The molecular weight excluding hydrogens is 300 g/mol. The van der Waals surface area contributed by atoms with Gasteiger partial charge >= 0.3 is 0 Å². The molecule has 1 aromatic rings. The van der Waals surface area contributed by atoms with Crippen molar-refractivity contribution in [3.05, 3.63) is 28.2 Å². The van der Waals surface area contributed by atoms with E-state index in [2.05, 4.69) is 20.8 Å². The van der Waals surface area contributed by atoms with E-state index in [0.29, 0.717) is 4.99 Å². The highest BCUT2D eigenvalue weighted by atomic mass is 79.9. The molecule has 1 unspecified atom stereocenters. The fourth-order valence-corrected chi connectivity index (χ4v) is 2.97. The van der Waals surface area contributed by atoms with Crippen LogP contribution in [0, 0.1) is 0 Å². The Bertz CT molecular complexity index is 439. The van der Waals surface area contributed by atoms with Crippen molar-refractivity contribution in [1.29, 1.82) is 0 Å². The normalized spacial score (nSPS) is 19.6. The highest BCUT2D eigenvalue weighted by molar-refractivity contribution is 9.10. The van der Waals surface area contributed by atoms with E-state index >= 15 is 0 Å². The average Bonchev–Trinajstić information content (AvgIpc) is 2.76. The lowest BCUT2D eigenvalue weighted by atomic mass is 10.1. The van der Waals surface area contributed by atoms with Gasteiger partial charge in [-0.2, -0.15) is 0 Å². The molecule has 0 amide bonds. The van der Waals surface area contributed by atoms with Crippen molar-refractivity contribution in [3.8, 4) is 0 Å². The third-order valence-electron chi connectivity index (χ3n) is 3.13. The Kier molecular flexibility index (Phi) is 4.01. The first-order chi connectivity index (χ1) is 8.13. The molecular formula is C12H15BrN2OS. The molecule has 1 saturated heterocycles. The van der Waals surface area contributed by atoms with Gasteiger partial charge in [-0.15, -0.1) is 0 Å². The lowest BCUT2D eigenvalue weighted by molar-refractivity contribution is 0.266. The van der Waals surface area contributed by atoms with Gasteiger partial charge in [0, 0.05) is 16.6 Å². The first-order valence-electron chi connectivity index (χ1n) is 5.60. The third-order valence-corrected chi connectivity index (χ3v) is 4.00. The molecule has 5 heteroatoms. The van der Waals surface area contributed by atoms with Crippen LogP contribution in [0.5, 0.6) is 0 Å². The summed E-state index contributed by atoms with van der Waals surface area (Å²) in [5.74, 6) is 0. The zero-order valence-electron chi connectivity index (χ0n) is 9.40. The second-order valence-corrected chi connectivity index (χ2v) is 5.50. The number of aliphatic hydroxyl groups is 1. The molecule has 0 spiro atoms. The van der Waals surface area contributed by atoms with Crippen LogP contribution < -0.4 is 10.6 Å². The van der Waals surface area contributed by atoms with E-state index in [1.165, 1.54) is 0 Å². The second kappa shape index (κ2) is 5.33. The topological polar surface area (TPSA) is 49.5 Å². The van der Waals surface area contributed by atoms with Crippen molar-refractivity contribution in [3.63, 3.8) is 0 Å². The Hall–Kier alpha value is -0.650. The summed E-state index contributed by atoms with van der Waals surface area (Å²) in [6, 6.07) is 6.09. The van der Waals surface area contributed by atoms with Crippen LogP contribution in [0.3, 0.4) is 0 Å². The first-order valence-corrected chi connectivity index (χ1v) is 6.80. The number of benzene rings is 1. The summed E-state index contributed by atoms with van der Waals surface area (Å²) in [6.07, 6.45) is 2.16. The molecule has 1 aliphatic heterocycles. The number of rotatable bonds is 3. The molecule has 1 aromatic carbocycles. The maximum atomic E-state index is 9.33. The van der Waals surface area contributed by atoms with Crippen molar-refractivity contribution >= 4 is 38.8 Å². The number of aliphatic hydroxyl groups excluding tert-OH is 1. The Morgan fingerprint density at radius 1 is 1.59 bits per heavy atom. The Labute approximate surface area is 115 Å². The Morgan fingerprint density at radius 3 is 2.94 bits per heavy atom. The monoisotopic (exact) mass is 314 g/mol. The van der Waals surface area contributed by atoms with Crippen molar-refractivity contribution < 1.29 is 5.11 Å². The first kappa shape index (κ1) is 12.8. The van der Waals surface area contributed by atoms with Gasteiger partial charge in [0.15, 0.2) is 0 Å². The Morgan fingerprint density at radius 2 is 2.35 bits per heavy atom. The quantitative estimate of drug-likeness (QED) is 0.838. The van der Waals surface area contributed by atoms with Gasteiger partial charge in [-0.25, -0.2) is 0 Å². The van der Waals surface area contributed by atoms with Crippen LogP contribution in [0.15, 0.2) is 22.7 Å². The van der Waals surface area contributed by atoms with Crippen molar-refractivity contribution in [2.45, 2.75) is 18.9 Å². The number of anilines is 1. The molecule has 3 N–H and O–H groups in total. The second-order valence-electron chi connectivity index (χ2n) is 4.20.